The van der Waals surface area contributed by atoms with E-state index in [4.69, 9.17) is 11.6 Å². The summed E-state index contributed by atoms with van der Waals surface area (Å²) in [6, 6.07) is 7.02. The summed E-state index contributed by atoms with van der Waals surface area (Å²) in [5.41, 5.74) is 1.73. The molecule has 2 aromatic rings. The molecule has 1 aromatic heterocycles. The van der Waals surface area contributed by atoms with Crippen LogP contribution in [0.15, 0.2) is 29.1 Å². The molecule has 0 aliphatic heterocycles. The van der Waals surface area contributed by atoms with Crippen molar-refractivity contribution in [2.24, 2.45) is 0 Å². The number of benzene rings is 1. The third kappa shape index (κ3) is 1.90. The Morgan fingerprint density at radius 2 is 2.20 bits per heavy atom. The van der Waals surface area contributed by atoms with Gasteiger partial charge in [0.15, 0.2) is 5.43 Å². The Balaban J connectivity index is 2.74. The van der Waals surface area contributed by atoms with E-state index in [1.54, 1.807) is 24.3 Å². The highest BCUT2D eigenvalue weighted by Gasteiger charge is 2.04. The van der Waals surface area contributed by atoms with E-state index < -0.39 is 0 Å². The molecule has 15 heavy (non-hydrogen) atoms. The van der Waals surface area contributed by atoms with E-state index in [0.717, 1.165) is 24.1 Å². The lowest BCUT2D eigenvalue weighted by molar-refractivity contribution is 0.888. The Labute approximate surface area is 92.9 Å². The molecule has 78 valence electrons. The molecule has 0 unspecified atom stereocenters. The largest absolute Gasteiger partial charge is 0.357 e. The van der Waals surface area contributed by atoms with Crippen molar-refractivity contribution in [3.8, 4) is 0 Å². The molecule has 0 saturated carbocycles. The minimum absolute atomic E-state index is 0.0368. The van der Waals surface area contributed by atoms with Gasteiger partial charge < -0.3 is 4.98 Å². The number of rotatable bonds is 2. The van der Waals surface area contributed by atoms with Crippen molar-refractivity contribution in [1.82, 2.24) is 4.98 Å². The van der Waals surface area contributed by atoms with E-state index >= 15 is 0 Å². The number of hydrogen-bond donors (Lipinski definition) is 1. The van der Waals surface area contributed by atoms with Crippen LogP contribution >= 0.6 is 11.6 Å². The van der Waals surface area contributed by atoms with Gasteiger partial charge in [0.05, 0.1) is 10.5 Å². The average molecular weight is 222 g/mol. The van der Waals surface area contributed by atoms with Crippen LogP contribution in [0, 0.1) is 0 Å². The van der Waals surface area contributed by atoms with Gasteiger partial charge in [-0.1, -0.05) is 31.0 Å². The average Bonchev–Trinajstić information content (AvgIpc) is 2.20. The molecule has 0 radical (unpaired) electrons. The number of hydrogen-bond acceptors (Lipinski definition) is 1. The number of aromatic amines is 1. The van der Waals surface area contributed by atoms with Gasteiger partial charge in [0.25, 0.3) is 0 Å². The molecule has 0 fully saturated rings. The zero-order valence-corrected chi connectivity index (χ0v) is 9.27. The van der Waals surface area contributed by atoms with E-state index in [9.17, 15) is 4.79 Å². The lowest BCUT2D eigenvalue weighted by atomic mass is 10.1. The summed E-state index contributed by atoms with van der Waals surface area (Å²) >= 11 is 6.03. The van der Waals surface area contributed by atoms with Gasteiger partial charge in [0.2, 0.25) is 0 Å². The number of nitrogens with one attached hydrogen (secondary N) is 1. The second kappa shape index (κ2) is 4.07. The highest BCUT2D eigenvalue weighted by atomic mass is 35.5. The maximum absolute atomic E-state index is 11.7. The summed E-state index contributed by atoms with van der Waals surface area (Å²) in [4.78, 5) is 15.0. The molecule has 2 rings (SSSR count). The lowest BCUT2D eigenvalue weighted by Gasteiger charge is -2.04. The van der Waals surface area contributed by atoms with Crippen LogP contribution in [0.4, 0.5) is 0 Å². The maximum atomic E-state index is 11.7. The minimum Gasteiger partial charge on any atom is -0.357 e. The molecule has 2 nitrogen and oxygen atoms in total. The fourth-order valence-electron chi connectivity index (χ4n) is 1.69. The monoisotopic (exact) mass is 221 g/mol. The van der Waals surface area contributed by atoms with Crippen LogP contribution in [-0.4, -0.2) is 4.98 Å². The summed E-state index contributed by atoms with van der Waals surface area (Å²) < 4.78 is 0. The molecule has 0 bridgehead atoms. The molecule has 0 saturated heterocycles. The molecule has 0 aliphatic carbocycles. The molecule has 1 heterocycles. The Bertz CT molecular complexity index is 545. The standard InChI is InChI=1S/C12H12ClNO/c1-2-4-8-7-11(15)9-5-3-6-10(13)12(9)14-8/h3,5-7H,2,4H2,1H3,(H,14,15). The molecular formula is C12H12ClNO. The summed E-state index contributed by atoms with van der Waals surface area (Å²) in [6.07, 6.45) is 1.88. The first-order valence-corrected chi connectivity index (χ1v) is 5.40. The molecule has 0 aliphatic rings. The number of aryl methyl sites for hydroxylation is 1. The van der Waals surface area contributed by atoms with Gasteiger partial charge in [-0.25, -0.2) is 0 Å². The summed E-state index contributed by atoms with van der Waals surface area (Å²) in [7, 11) is 0. The summed E-state index contributed by atoms with van der Waals surface area (Å²) in [5, 5.41) is 1.25. The summed E-state index contributed by atoms with van der Waals surface area (Å²) in [5.74, 6) is 0. The predicted molar refractivity (Wildman–Crippen MR) is 63.6 cm³/mol. The van der Waals surface area contributed by atoms with Gasteiger partial charge in [-0.15, -0.1) is 0 Å². The summed E-state index contributed by atoms with van der Waals surface area (Å²) in [6.45, 7) is 2.08. The van der Waals surface area contributed by atoms with Crippen molar-refractivity contribution in [3.63, 3.8) is 0 Å². The number of fused-ring (bicyclic) bond motifs is 1. The van der Waals surface area contributed by atoms with Crippen LogP contribution in [0.2, 0.25) is 5.02 Å². The topological polar surface area (TPSA) is 32.9 Å². The quantitative estimate of drug-likeness (QED) is 0.831. The van der Waals surface area contributed by atoms with Gasteiger partial charge in [-0.3, -0.25) is 4.79 Å². The molecule has 1 aromatic carbocycles. The third-order valence-corrected chi connectivity index (χ3v) is 2.70. The Kier molecular flexibility index (Phi) is 2.78. The zero-order chi connectivity index (χ0) is 10.8. The van der Waals surface area contributed by atoms with Gasteiger partial charge in [-0.2, -0.15) is 0 Å². The number of para-hydroxylation sites is 1. The molecular weight excluding hydrogens is 210 g/mol. The van der Waals surface area contributed by atoms with Crippen LogP contribution in [0.25, 0.3) is 10.9 Å². The molecule has 3 heteroatoms. The Morgan fingerprint density at radius 3 is 2.93 bits per heavy atom. The van der Waals surface area contributed by atoms with E-state index in [0.29, 0.717) is 10.4 Å². The van der Waals surface area contributed by atoms with E-state index in [2.05, 4.69) is 11.9 Å². The van der Waals surface area contributed by atoms with Crippen molar-refractivity contribution < 1.29 is 0 Å². The molecule has 0 amide bonds. The van der Waals surface area contributed by atoms with Crippen LogP contribution in [0.3, 0.4) is 0 Å². The fourth-order valence-corrected chi connectivity index (χ4v) is 1.91. The van der Waals surface area contributed by atoms with E-state index in [1.165, 1.54) is 0 Å². The van der Waals surface area contributed by atoms with Crippen molar-refractivity contribution in [3.05, 3.63) is 45.2 Å². The first-order valence-electron chi connectivity index (χ1n) is 5.03. The lowest BCUT2D eigenvalue weighted by Crippen LogP contribution is -2.05. The van der Waals surface area contributed by atoms with Crippen LogP contribution in [-0.2, 0) is 6.42 Å². The molecule has 1 N–H and O–H groups in total. The first kappa shape index (κ1) is 10.2. The van der Waals surface area contributed by atoms with Gasteiger partial charge in [-0.05, 0) is 18.6 Å². The van der Waals surface area contributed by atoms with Crippen LogP contribution in [0.1, 0.15) is 19.0 Å². The third-order valence-electron chi connectivity index (χ3n) is 2.39. The first-order chi connectivity index (χ1) is 7.22. The van der Waals surface area contributed by atoms with Crippen molar-refractivity contribution >= 4 is 22.5 Å². The normalized spacial score (nSPS) is 10.8. The second-order valence-corrected chi connectivity index (χ2v) is 3.98. The second-order valence-electron chi connectivity index (χ2n) is 3.57. The minimum atomic E-state index is 0.0368. The van der Waals surface area contributed by atoms with E-state index in [1.807, 2.05) is 0 Å². The number of aromatic nitrogens is 1. The van der Waals surface area contributed by atoms with Gasteiger partial charge >= 0.3 is 0 Å². The fraction of sp³-hybridized carbons (Fsp3) is 0.250. The van der Waals surface area contributed by atoms with Gasteiger partial charge in [0.1, 0.15) is 0 Å². The number of halogens is 1. The molecule has 0 spiro atoms. The van der Waals surface area contributed by atoms with Crippen molar-refractivity contribution in [2.45, 2.75) is 19.8 Å². The Morgan fingerprint density at radius 1 is 1.40 bits per heavy atom. The van der Waals surface area contributed by atoms with Crippen LogP contribution in [0.5, 0.6) is 0 Å². The highest BCUT2D eigenvalue weighted by molar-refractivity contribution is 6.35. The number of H-pyrrole nitrogens is 1. The highest BCUT2D eigenvalue weighted by Crippen LogP contribution is 2.19. The van der Waals surface area contributed by atoms with Crippen LogP contribution < -0.4 is 5.43 Å². The van der Waals surface area contributed by atoms with Gasteiger partial charge in [0, 0.05) is 17.1 Å². The molecule has 0 atom stereocenters. The van der Waals surface area contributed by atoms with Crippen molar-refractivity contribution in [2.75, 3.05) is 0 Å². The Hall–Kier alpha value is -1.28. The van der Waals surface area contributed by atoms with Crippen molar-refractivity contribution in [1.29, 1.82) is 0 Å². The van der Waals surface area contributed by atoms with E-state index in [-0.39, 0.29) is 5.43 Å². The smallest absolute Gasteiger partial charge is 0.189 e. The SMILES string of the molecule is CCCc1cc(=O)c2cccc(Cl)c2[nH]1. The maximum Gasteiger partial charge on any atom is 0.189 e. The zero-order valence-electron chi connectivity index (χ0n) is 8.51. The predicted octanol–water partition coefficient (Wildman–Crippen LogP) is 3.13. The number of pyridine rings is 1.